The number of anilines is 2. The molecule has 1 amide bonds. The van der Waals surface area contributed by atoms with Gasteiger partial charge in [-0.3, -0.25) is 19.2 Å². The Morgan fingerprint density at radius 3 is 1.54 bits per heavy atom. The highest BCUT2D eigenvalue weighted by atomic mass is 33.1. The zero-order chi connectivity index (χ0) is 68.5. The predicted octanol–water partition coefficient (Wildman–Crippen LogP) is 11.9. The first-order valence-electron chi connectivity index (χ1n) is 26.6. The summed E-state index contributed by atoms with van der Waals surface area (Å²) >= 11 is 10.3. The van der Waals surface area contributed by atoms with Crippen molar-refractivity contribution in [1.82, 2.24) is 5.32 Å². The van der Waals surface area contributed by atoms with E-state index in [4.69, 9.17) is 59.6 Å². The lowest BCUT2D eigenvalue weighted by Crippen LogP contribution is -2.38. The van der Waals surface area contributed by atoms with Crippen LogP contribution in [0.3, 0.4) is 0 Å². The van der Waals surface area contributed by atoms with Gasteiger partial charge in [-0.15, -0.1) is 47.0 Å². The van der Waals surface area contributed by atoms with Gasteiger partial charge in [0, 0.05) is 58.1 Å². The van der Waals surface area contributed by atoms with Crippen molar-refractivity contribution in [2.45, 2.75) is 38.2 Å². The number of hydrogen-bond donors (Lipinski definition) is 3. The van der Waals surface area contributed by atoms with Crippen molar-refractivity contribution in [3.63, 3.8) is 0 Å². The van der Waals surface area contributed by atoms with E-state index >= 15 is 0 Å². The van der Waals surface area contributed by atoms with Gasteiger partial charge in [0.25, 0.3) is 26.3 Å². The molecule has 0 fully saturated rings. The Bertz CT molecular complexity index is 3920. The second-order valence-electron chi connectivity index (χ2n) is 17.9. The lowest BCUT2D eigenvalue weighted by Gasteiger charge is -2.15. The number of rotatable bonds is 33. The Balaban J connectivity index is 0.000000256. The lowest BCUT2D eigenvalue weighted by atomic mass is 10.1. The van der Waals surface area contributed by atoms with Crippen molar-refractivity contribution in [2.75, 3.05) is 49.3 Å². The number of nitrogens with one attached hydrogen (secondary N) is 1. The first-order chi connectivity index (χ1) is 45.0. The summed E-state index contributed by atoms with van der Waals surface area (Å²) in [5.74, 6) is -2.32. The van der Waals surface area contributed by atoms with Crippen LogP contribution >= 0.6 is 87.4 Å². The van der Waals surface area contributed by atoms with Gasteiger partial charge in [-0.2, -0.15) is 0 Å². The molecule has 2 heterocycles. The third-order valence-electron chi connectivity index (χ3n) is 11.1. The molecule has 0 bridgehead atoms. The van der Waals surface area contributed by atoms with Crippen LogP contribution in [0.5, 0.6) is 28.7 Å². The third-order valence-corrected chi connectivity index (χ3v) is 19.2. The number of carbonyl (C=O) groups is 6. The van der Waals surface area contributed by atoms with Crippen LogP contribution in [0.4, 0.5) is 11.4 Å². The molecular formula is C56H51N7O23S8. The maximum atomic E-state index is 12.7. The van der Waals surface area contributed by atoms with Crippen LogP contribution in [0.25, 0.3) is 20.9 Å². The van der Waals surface area contributed by atoms with Gasteiger partial charge in [-0.25, -0.2) is 9.59 Å². The monoisotopic (exact) mass is 1450 g/mol. The van der Waals surface area contributed by atoms with Crippen molar-refractivity contribution >= 4 is 135 Å². The maximum Gasteiger partial charge on any atom is 0.347 e. The van der Waals surface area contributed by atoms with Crippen molar-refractivity contribution in [1.29, 1.82) is 0 Å². The Morgan fingerprint density at radius 2 is 1.03 bits per heavy atom. The molecule has 7 rings (SSSR count). The molecule has 1 unspecified atom stereocenters. The van der Waals surface area contributed by atoms with E-state index in [1.54, 1.807) is 67.9 Å². The molecule has 1 atom stereocenters. The zero-order valence-corrected chi connectivity index (χ0v) is 54.8. The molecule has 0 radical (unpaired) electrons. The van der Waals surface area contributed by atoms with E-state index in [2.05, 4.69) is 31.2 Å². The van der Waals surface area contributed by atoms with Crippen molar-refractivity contribution in [3.8, 4) is 49.6 Å². The van der Waals surface area contributed by atoms with Crippen LogP contribution in [0.15, 0.2) is 134 Å². The highest BCUT2D eigenvalue weighted by Crippen LogP contribution is 2.33. The van der Waals surface area contributed by atoms with Gasteiger partial charge in [-0.05, 0) is 127 Å². The normalized spacial score (nSPS) is 10.6. The molecule has 0 spiro atoms. The first-order valence-corrected chi connectivity index (χ1v) is 34.2. The molecule has 496 valence electrons. The quantitative estimate of drug-likeness (QED) is 0.00396. The van der Waals surface area contributed by atoms with Gasteiger partial charge in [0.15, 0.2) is 0 Å². The molecule has 2 aromatic heterocycles. The fourth-order valence-corrected chi connectivity index (χ4v) is 13.5. The van der Waals surface area contributed by atoms with Crippen LogP contribution < -0.4 is 40.5 Å². The van der Waals surface area contributed by atoms with Gasteiger partial charge in [0.2, 0.25) is 0 Å². The van der Waals surface area contributed by atoms with Crippen molar-refractivity contribution in [3.05, 3.63) is 199 Å². The zero-order valence-electron chi connectivity index (χ0n) is 48.3. The topological polar surface area (TPSA) is 422 Å². The van der Waals surface area contributed by atoms with Crippen molar-refractivity contribution in [2.24, 2.45) is 0 Å². The van der Waals surface area contributed by atoms with Gasteiger partial charge in [-0.1, -0.05) is 106 Å². The van der Waals surface area contributed by atoms with Crippen LogP contribution in [0.2, 0.25) is 0 Å². The van der Waals surface area contributed by atoms with Crippen molar-refractivity contribution < 1.29 is 92.1 Å². The summed E-state index contributed by atoms with van der Waals surface area (Å²) in [6, 6.07) is 32.0. The highest BCUT2D eigenvalue weighted by molar-refractivity contribution is 8.76. The van der Waals surface area contributed by atoms with E-state index in [9.17, 15) is 69.2 Å². The van der Waals surface area contributed by atoms with Crippen LogP contribution in [0.1, 0.15) is 63.2 Å². The molecule has 30 nitrogen and oxygen atoms in total. The van der Waals surface area contributed by atoms with E-state index in [1.165, 1.54) is 86.1 Å². The number of nitrogens with two attached hydrogens (primary N) is 2. The summed E-state index contributed by atoms with van der Waals surface area (Å²) < 4.78 is 28.1. The summed E-state index contributed by atoms with van der Waals surface area (Å²) in [4.78, 5) is 133. The second-order valence-corrected chi connectivity index (χ2v) is 26.3. The molecule has 5 N–H and O–H groups in total. The standard InChI is InChI=1S/2C20H16N2O7S3.C16H19N3O9S2/c21-13-5-8-16(29-18(23)2-1-9-27-22(25)26)15(10-13)20(24)28-14-6-3-12(4-7-14)17-11-19(30)32-31-17;21-13-5-8-15(16(10-13)29-18(23)2-1-9-27-22(25)26)20(24)28-14-6-3-12(4-7-14)17-11-19(30)32-31-17;1-2-8-29-30-9-7-15(20)27-14-6-4-3-5-13(14)16(21)17-10-12(28-19(24)25)11-26-18(22)23/h2*3-8,10-11H,1-2,9,21H2;2-6,12H,1,7-11H2,(H,17,21). The van der Waals surface area contributed by atoms with Gasteiger partial charge >= 0.3 is 29.8 Å². The fourth-order valence-electron chi connectivity index (χ4n) is 6.98. The first kappa shape index (κ1) is 75.0. The molecule has 5 aromatic carbocycles. The molecular weight excluding hydrogens is 1400 g/mol. The molecule has 0 saturated carbocycles. The maximum absolute atomic E-state index is 12.7. The largest absolute Gasteiger partial charge is 0.426 e. The average molecular weight is 1450 g/mol. The molecule has 7 aromatic rings. The summed E-state index contributed by atoms with van der Waals surface area (Å²) in [5.41, 5.74) is 14.0. The van der Waals surface area contributed by atoms with E-state index in [1.807, 2.05) is 36.4 Å². The van der Waals surface area contributed by atoms with Crippen LogP contribution in [-0.2, 0) is 33.7 Å². The van der Waals surface area contributed by atoms with Gasteiger partial charge < -0.3 is 59.8 Å². The minimum Gasteiger partial charge on any atom is -0.426 e. The number of benzene rings is 5. The van der Waals surface area contributed by atoms with E-state index in [0.29, 0.717) is 17.3 Å². The van der Waals surface area contributed by atoms with E-state index < -0.39 is 75.4 Å². The lowest BCUT2D eigenvalue weighted by molar-refractivity contribution is -0.789. The summed E-state index contributed by atoms with van der Waals surface area (Å²) in [6.07, 6.45) is 0.342. The number of amides is 1. The molecule has 0 aliphatic heterocycles. The molecule has 94 heavy (non-hydrogen) atoms. The third kappa shape index (κ3) is 27.6. The number of esters is 5. The Labute approximate surface area is 564 Å². The second kappa shape index (κ2) is 39.6. The number of nitrogen functional groups attached to an aromatic ring is 2. The van der Waals surface area contributed by atoms with E-state index in [-0.39, 0.29) is 90.6 Å². The molecule has 0 aliphatic carbocycles. The minimum absolute atomic E-state index is 0.00831. The number of carbonyl (C=O) groups excluding carboxylic acids is 6. The summed E-state index contributed by atoms with van der Waals surface area (Å²) in [7, 11) is 9.17. The van der Waals surface area contributed by atoms with E-state index in [0.717, 1.165) is 34.3 Å². The Morgan fingerprint density at radius 1 is 0.543 bits per heavy atom. The minimum atomic E-state index is -1.41. The summed E-state index contributed by atoms with van der Waals surface area (Å²) in [5, 5.41) is 39.1. The predicted molar refractivity (Wildman–Crippen MR) is 353 cm³/mol. The van der Waals surface area contributed by atoms with Crippen LogP contribution in [0, 0.1) is 48.1 Å². The molecule has 38 heteroatoms. The number of para-hydroxylation sites is 1. The van der Waals surface area contributed by atoms with Crippen LogP contribution in [-0.4, -0.2) is 100 Å². The average Bonchev–Trinajstić information content (AvgIpc) is 0.965. The number of ether oxygens (including phenoxy) is 5. The summed E-state index contributed by atoms with van der Waals surface area (Å²) in [6.45, 7) is 1.90. The van der Waals surface area contributed by atoms with Gasteiger partial charge in [0.05, 0.1) is 25.2 Å². The smallest absolute Gasteiger partial charge is 0.347 e. The SMILES string of the molecule is C=CCSSCCC(=O)Oc1ccccc1C(=O)NCC(CO[N+](=O)[O-])O[N+](=O)[O-].Nc1ccc(C(=O)Oc2ccc(-c3cc(=S)ss3)cc2)c(OC(=O)CCCO[N+](=O)[O-])c1.Nc1ccc(OC(=O)CCCO[N+](=O)[O-])c(C(=O)Oc2ccc(-c3cc(=S)ss3)cc2)c1. The number of nitrogens with zero attached hydrogens (tertiary/aromatic N) is 4. The molecule has 0 saturated heterocycles. The fraction of sp³-hybridized carbons (Fsp3) is 0.214. The number of hydrogen-bond acceptors (Lipinski definition) is 33. The molecule has 0 aliphatic rings. The Hall–Kier alpha value is -9.70. The van der Waals surface area contributed by atoms with Gasteiger partial charge in [0.1, 0.15) is 60.2 Å². The highest BCUT2D eigenvalue weighted by Gasteiger charge is 2.23. The Kier molecular flexibility index (Phi) is 31.6.